The second-order valence-corrected chi connectivity index (χ2v) is 7.25. The summed E-state index contributed by atoms with van der Waals surface area (Å²) in [7, 11) is 0. The van der Waals surface area contributed by atoms with Crippen molar-refractivity contribution in [2.24, 2.45) is 0 Å². The number of ether oxygens (including phenoxy) is 1. The fourth-order valence-corrected chi connectivity index (χ4v) is 3.41. The molecule has 4 rings (SSSR count). The Balaban J connectivity index is 1.40. The summed E-state index contributed by atoms with van der Waals surface area (Å²) in [6, 6.07) is 35.2. The molecule has 0 amide bonds. The number of rotatable bonds is 9. The van der Waals surface area contributed by atoms with E-state index in [9.17, 15) is 0 Å². The van der Waals surface area contributed by atoms with Gasteiger partial charge in [-0.25, -0.2) is 4.98 Å². The number of aryl methyl sites for hydroxylation is 1. The third-order valence-corrected chi connectivity index (χ3v) is 5.05. The predicted octanol–water partition coefficient (Wildman–Crippen LogP) is 6.45. The van der Waals surface area contributed by atoms with Crippen LogP contribution in [0, 0.1) is 0 Å². The average Bonchev–Trinajstić information content (AvgIpc) is 2.83. The zero-order chi connectivity index (χ0) is 20.4. The number of aromatic nitrogens is 1. The minimum atomic E-state index is 0.0175. The van der Waals surface area contributed by atoms with Crippen molar-refractivity contribution >= 4 is 5.82 Å². The molecule has 0 bridgehead atoms. The second kappa shape index (κ2) is 10.3. The monoisotopic (exact) mass is 394 g/mol. The van der Waals surface area contributed by atoms with E-state index in [4.69, 9.17) is 4.74 Å². The van der Waals surface area contributed by atoms with Crippen LogP contribution in [0.15, 0.2) is 109 Å². The van der Waals surface area contributed by atoms with E-state index < -0.39 is 0 Å². The van der Waals surface area contributed by atoms with E-state index in [1.54, 1.807) is 6.20 Å². The van der Waals surface area contributed by atoms with Gasteiger partial charge in [-0.2, -0.15) is 0 Å². The summed E-state index contributed by atoms with van der Waals surface area (Å²) in [5, 5.41) is 3.33. The summed E-state index contributed by atoms with van der Waals surface area (Å²) < 4.78 is 6.41. The molecule has 4 aromatic rings. The van der Waals surface area contributed by atoms with Gasteiger partial charge in [-0.1, -0.05) is 78.9 Å². The lowest BCUT2D eigenvalue weighted by Gasteiger charge is -2.20. The van der Waals surface area contributed by atoms with Crippen LogP contribution in [0.1, 0.15) is 29.2 Å². The van der Waals surface area contributed by atoms with Crippen molar-refractivity contribution in [3.05, 3.63) is 126 Å². The second-order valence-electron chi connectivity index (χ2n) is 7.25. The molecule has 1 unspecified atom stereocenters. The van der Waals surface area contributed by atoms with Crippen molar-refractivity contribution in [2.45, 2.75) is 25.5 Å². The molecule has 3 aromatic carbocycles. The Morgan fingerprint density at radius 1 is 0.700 bits per heavy atom. The van der Waals surface area contributed by atoms with E-state index >= 15 is 0 Å². The van der Waals surface area contributed by atoms with Crippen LogP contribution in [0.2, 0.25) is 0 Å². The molecule has 0 saturated carbocycles. The highest BCUT2D eigenvalue weighted by Gasteiger charge is 2.13. The maximum Gasteiger partial charge on any atom is 0.126 e. The summed E-state index contributed by atoms with van der Waals surface area (Å²) in [5.41, 5.74) is 3.72. The van der Waals surface area contributed by atoms with Gasteiger partial charge in [-0.15, -0.1) is 0 Å². The lowest BCUT2D eigenvalue weighted by molar-refractivity contribution is 0.195. The van der Waals surface area contributed by atoms with Crippen molar-refractivity contribution in [3.63, 3.8) is 0 Å². The smallest absolute Gasteiger partial charge is 0.126 e. The third kappa shape index (κ3) is 5.71. The molecule has 1 N–H and O–H groups in total. The Labute approximate surface area is 178 Å². The fraction of sp³-hybridized carbons (Fsp3) is 0.148. The highest BCUT2D eigenvalue weighted by atomic mass is 16.5. The number of benzene rings is 3. The number of nitrogens with zero attached hydrogens (tertiary/aromatic N) is 1. The largest absolute Gasteiger partial charge is 0.486 e. The van der Waals surface area contributed by atoms with Gasteiger partial charge in [0, 0.05) is 12.7 Å². The SMILES string of the molecule is c1ccc(CCC(Oc2ccc(CNc3ccccn3)cc2)c2ccccc2)cc1. The molecule has 0 saturated heterocycles. The lowest BCUT2D eigenvalue weighted by atomic mass is 10.0. The van der Waals surface area contributed by atoms with Gasteiger partial charge in [0.05, 0.1) is 0 Å². The summed E-state index contributed by atoms with van der Waals surface area (Å²) >= 11 is 0. The van der Waals surface area contributed by atoms with Gasteiger partial charge in [0.15, 0.2) is 0 Å². The van der Waals surface area contributed by atoms with E-state index in [0.29, 0.717) is 0 Å². The minimum Gasteiger partial charge on any atom is -0.486 e. The van der Waals surface area contributed by atoms with Crippen LogP contribution in [0.5, 0.6) is 5.75 Å². The first-order valence-electron chi connectivity index (χ1n) is 10.4. The fourth-order valence-electron chi connectivity index (χ4n) is 3.41. The lowest BCUT2D eigenvalue weighted by Crippen LogP contribution is -2.09. The summed E-state index contributed by atoms with van der Waals surface area (Å²) in [6.07, 6.45) is 3.71. The van der Waals surface area contributed by atoms with Crippen LogP contribution in [-0.2, 0) is 13.0 Å². The van der Waals surface area contributed by atoms with E-state index in [1.807, 2.05) is 36.4 Å². The minimum absolute atomic E-state index is 0.0175. The van der Waals surface area contributed by atoms with Crippen LogP contribution in [0.3, 0.4) is 0 Å². The average molecular weight is 395 g/mol. The molecule has 0 radical (unpaired) electrons. The van der Waals surface area contributed by atoms with Gasteiger partial charge in [0.25, 0.3) is 0 Å². The molecule has 150 valence electrons. The molecule has 1 atom stereocenters. The maximum atomic E-state index is 6.41. The molecule has 0 aliphatic rings. The summed E-state index contributed by atoms with van der Waals surface area (Å²) in [4.78, 5) is 4.29. The molecule has 3 nitrogen and oxygen atoms in total. The molecule has 1 heterocycles. The van der Waals surface area contributed by atoms with Gasteiger partial charge in [-0.3, -0.25) is 0 Å². The number of pyridine rings is 1. The quantitative estimate of drug-likeness (QED) is 0.354. The Morgan fingerprint density at radius 3 is 2.10 bits per heavy atom. The zero-order valence-electron chi connectivity index (χ0n) is 16.9. The molecule has 30 heavy (non-hydrogen) atoms. The van der Waals surface area contributed by atoms with E-state index in [2.05, 4.69) is 77.0 Å². The van der Waals surface area contributed by atoms with Crippen LogP contribution < -0.4 is 10.1 Å². The van der Waals surface area contributed by atoms with Crippen molar-refractivity contribution in [3.8, 4) is 5.75 Å². The topological polar surface area (TPSA) is 34.1 Å². The standard InChI is InChI=1S/C27H26N2O/c1-3-9-22(10-4-1)16-19-26(24-11-5-2-6-12-24)30-25-17-14-23(15-18-25)21-29-27-13-7-8-20-28-27/h1-15,17-18,20,26H,16,19,21H2,(H,28,29). The Kier molecular flexibility index (Phi) is 6.74. The highest BCUT2D eigenvalue weighted by molar-refractivity contribution is 5.36. The Morgan fingerprint density at radius 2 is 1.40 bits per heavy atom. The first-order chi connectivity index (χ1) is 14.9. The van der Waals surface area contributed by atoms with Crippen LogP contribution >= 0.6 is 0 Å². The molecule has 0 aliphatic carbocycles. The summed E-state index contributed by atoms with van der Waals surface area (Å²) in [6.45, 7) is 0.730. The third-order valence-electron chi connectivity index (χ3n) is 5.05. The van der Waals surface area contributed by atoms with Gasteiger partial charge >= 0.3 is 0 Å². The van der Waals surface area contributed by atoms with E-state index in [0.717, 1.165) is 31.0 Å². The first-order valence-corrected chi connectivity index (χ1v) is 10.4. The van der Waals surface area contributed by atoms with Gasteiger partial charge in [0.1, 0.15) is 17.7 Å². The Bertz CT molecular complexity index is 1000. The molecular weight excluding hydrogens is 368 g/mol. The van der Waals surface area contributed by atoms with Crippen molar-refractivity contribution in [2.75, 3.05) is 5.32 Å². The number of nitrogens with one attached hydrogen (secondary N) is 1. The number of anilines is 1. The molecule has 0 aliphatic heterocycles. The number of hydrogen-bond acceptors (Lipinski definition) is 3. The summed E-state index contributed by atoms with van der Waals surface area (Å²) in [5.74, 6) is 1.77. The molecule has 0 fully saturated rings. The van der Waals surface area contributed by atoms with Gasteiger partial charge in [-0.05, 0) is 53.8 Å². The predicted molar refractivity (Wildman–Crippen MR) is 123 cm³/mol. The van der Waals surface area contributed by atoms with Gasteiger partial charge in [0.2, 0.25) is 0 Å². The molecular formula is C27H26N2O. The highest BCUT2D eigenvalue weighted by Crippen LogP contribution is 2.26. The van der Waals surface area contributed by atoms with Crippen molar-refractivity contribution < 1.29 is 4.74 Å². The van der Waals surface area contributed by atoms with Gasteiger partial charge < -0.3 is 10.1 Å². The van der Waals surface area contributed by atoms with E-state index in [-0.39, 0.29) is 6.10 Å². The molecule has 0 spiro atoms. The van der Waals surface area contributed by atoms with Crippen LogP contribution in [0.4, 0.5) is 5.82 Å². The maximum absolute atomic E-state index is 6.41. The Hall–Kier alpha value is -3.59. The van der Waals surface area contributed by atoms with Crippen LogP contribution in [-0.4, -0.2) is 4.98 Å². The van der Waals surface area contributed by atoms with E-state index in [1.165, 1.54) is 16.7 Å². The number of hydrogen-bond donors (Lipinski definition) is 1. The van der Waals surface area contributed by atoms with Crippen LogP contribution in [0.25, 0.3) is 0 Å². The molecule has 3 heteroatoms. The molecule has 1 aromatic heterocycles. The zero-order valence-corrected chi connectivity index (χ0v) is 16.9. The normalized spacial score (nSPS) is 11.6. The first kappa shape index (κ1) is 19.7. The van der Waals surface area contributed by atoms with Crippen molar-refractivity contribution in [1.29, 1.82) is 0 Å². The van der Waals surface area contributed by atoms with Crippen molar-refractivity contribution in [1.82, 2.24) is 4.98 Å².